The molecule has 1 saturated carbocycles. The Kier molecular flexibility index (Phi) is 5.36. The average Bonchev–Trinajstić information content (AvgIpc) is 2.29. The molecule has 2 atom stereocenters. The van der Waals surface area contributed by atoms with Crippen LogP contribution >= 0.6 is 0 Å². The van der Waals surface area contributed by atoms with E-state index in [1.807, 2.05) is 0 Å². The number of carbonyl (C=O) groups is 1. The molecule has 0 aliphatic heterocycles. The highest BCUT2D eigenvalue weighted by atomic mass is 16.5. The molecule has 0 aromatic heterocycles. The first kappa shape index (κ1) is 14.4. The number of carbonyl (C=O) groups excluding carboxylic acids is 1. The number of methoxy groups -OCH3 is 2. The van der Waals surface area contributed by atoms with Crippen molar-refractivity contribution in [1.82, 2.24) is 10.6 Å². The van der Waals surface area contributed by atoms with Crippen molar-refractivity contribution in [3.8, 4) is 0 Å². The van der Waals surface area contributed by atoms with Crippen LogP contribution in [0.4, 0.5) is 0 Å². The third-order valence-electron chi connectivity index (χ3n) is 3.57. The molecule has 0 bridgehead atoms. The summed E-state index contributed by atoms with van der Waals surface area (Å²) in [6.45, 7) is 5.89. The maximum absolute atomic E-state index is 11.6. The zero-order valence-corrected chi connectivity index (χ0v) is 11.2. The van der Waals surface area contributed by atoms with Crippen molar-refractivity contribution in [2.75, 3.05) is 33.9 Å². The molecular formula is C12H24N2O3. The number of ether oxygens (including phenoxy) is 2. The Bertz CT molecular complexity index is 256. The van der Waals surface area contributed by atoms with Gasteiger partial charge in [0.2, 0.25) is 5.91 Å². The van der Waals surface area contributed by atoms with Crippen molar-refractivity contribution in [3.05, 3.63) is 0 Å². The normalized spacial score (nSPS) is 26.4. The molecule has 0 aromatic rings. The lowest BCUT2D eigenvalue weighted by molar-refractivity contribution is -0.131. The lowest BCUT2D eigenvalue weighted by atomic mass is 9.64. The first-order valence-electron chi connectivity index (χ1n) is 6.04. The summed E-state index contributed by atoms with van der Waals surface area (Å²) in [5.74, 6) is 0.0359. The molecule has 1 fully saturated rings. The Morgan fingerprint density at radius 2 is 2.12 bits per heavy atom. The number of hydrogen-bond donors (Lipinski definition) is 2. The molecule has 1 rings (SSSR count). The summed E-state index contributed by atoms with van der Waals surface area (Å²) in [4.78, 5) is 11.6. The minimum absolute atomic E-state index is 0.0247. The lowest BCUT2D eigenvalue weighted by Crippen LogP contribution is -2.62. The topological polar surface area (TPSA) is 59.6 Å². The van der Waals surface area contributed by atoms with E-state index in [0.29, 0.717) is 19.7 Å². The Morgan fingerprint density at radius 3 is 2.65 bits per heavy atom. The summed E-state index contributed by atoms with van der Waals surface area (Å²) < 4.78 is 10.2. The van der Waals surface area contributed by atoms with Crippen LogP contribution in [-0.4, -0.2) is 52.0 Å². The van der Waals surface area contributed by atoms with E-state index in [1.165, 1.54) is 0 Å². The highest BCUT2D eigenvalue weighted by Gasteiger charge is 2.49. The van der Waals surface area contributed by atoms with Crippen molar-refractivity contribution in [1.29, 1.82) is 0 Å². The van der Waals surface area contributed by atoms with E-state index < -0.39 is 0 Å². The van der Waals surface area contributed by atoms with Crippen LogP contribution in [0.1, 0.15) is 20.3 Å². The van der Waals surface area contributed by atoms with Gasteiger partial charge in [0.25, 0.3) is 0 Å². The molecule has 2 unspecified atom stereocenters. The van der Waals surface area contributed by atoms with Gasteiger partial charge in [0, 0.05) is 32.2 Å². The highest BCUT2D eigenvalue weighted by molar-refractivity contribution is 5.78. The van der Waals surface area contributed by atoms with Crippen LogP contribution < -0.4 is 10.6 Å². The monoisotopic (exact) mass is 244 g/mol. The second kappa shape index (κ2) is 6.33. The van der Waals surface area contributed by atoms with Crippen LogP contribution in [0.3, 0.4) is 0 Å². The number of amides is 1. The predicted octanol–water partition coefficient (Wildman–Crippen LogP) is 0.152. The maximum Gasteiger partial charge on any atom is 0.234 e. The minimum atomic E-state index is 0.0247. The fourth-order valence-corrected chi connectivity index (χ4v) is 2.15. The minimum Gasteiger partial charge on any atom is -0.383 e. The lowest BCUT2D eigenvalue weighted by Gasteiger charge is -2.51. The molecule has 2 N–H and O–H groups in total. The second-order valence-corrected chi connectivity index (χ2v) is 5.07. The first-order valence-corrected chi connectivity index (χ1v) is 6.04. The Labute approximate surface area is 103 Å². The molecule has 0 heterocycles. The molecule has 0 saturated heterocycles. The summed E-state index contributed by atoms with van der Waals surface area (Å²) >= 11 is 0. The van der Waals surface area contributed by atoms with Crippen LogP contribution in [0.2, 0.25) is 0 Å². The zero-order chi connectivity index (χ0) is 12.9. The Balaban J connectivity index is 2.20. The summed E-state index contributed by atoms with van der Waals surface area (Å²) in [6, 6.07) is 0.212. The van der Waals surface area contributed by atoms with Gasteiger partial charge in [-0.25, -0.2) is 0 Å². The highest BCUT2D eigenvalue weighted by Crippen LogP contribution is 2.42. The van der Waals surface area contributed by atoms with Crippen LogP contribution in [0.25, 0.3) is 0 Å². The molecule has 1 aliphatic carbocycles. The fourth-order valence-electron chi connectivity index (χ4n) is 2.15. The number of nitrogens with one attached hydrogen (secondary N) is 2. The first-order chi connectivity index (χ1) is 8.02. The standard InChI is InChI=1S/C12H24N2O3/c1-12(2)9(7-10(12)17-4)14-11(15)8-13-5-6-16-3/h9-10,13H,5-8H2,1-4H3,(H,14,15). The molecule has 5 heteroatoms. The van der Waals surface area contributed by atoms with E-state index in [0.717, 1.165) is 6.42 Å². The van der Waals surface area contributed by atoms with Gasteiger partial charge < -0.3 is 20.1 Å². The van der Waals surface area contributed by atoms with E-state index in [-0.39, 0.29) is 23.5 Å². The molecule has 0 spiro atoms. The van der Waals surface area contributed by atoms with Crippen molar-refractivity contribution in [2.45, 2.75) is 32.4 Å². The van der Waals surface area contributed by atoms with Gasteiger partial charge in [0.05, 0.1) is 19.3 Å². The third kappa shape index (κ3) is 3.66. The zero-order valence-electron chi connectivity index (χ0n) is 11.2. The van der Waals surface area contributed by atoms with Gasteiger partial charge in [-0.2, -0.15) is 0 Å². The number of hydrogen-bond acceptors (Lipinski definition) is 4. The van der Waals surface area contributed by atoms with Gasteiger partial charge in [-0.3, -0.25) is 4.79 Å². The van der Waals surface area contributed by atoms with Crippen molar-refractivity contribution in [3.63, 3.8) is 0 Å². The van der Waals surface area contributed by atoms with E-state index in [2.05, 4.69) is 24.5 Å². The van der Waals surface area contributed by atoms with Crippen molar-refractivity contribution < 1.29 is 14.3 Å². The van der Waals surface area contributed by atoms with Gasteiger partial charge >= 0.3 is 0 Å². The fraction of sp³-hybridized carbons (Fsp3) is 0.917. The largest absolute Gasteiger partial charge is 0.383 e. The predicted molar refractivity (Wildman–Crippen MR) is 65.9 cm³/mol. The van der Waals surface area contributed by atoms with E-state index in [9.17, 15) is 4.79 Å². The summed E-state index contributed by atoms with van der Waals surface area (Å²) in [5, 5.41) is 6.05. The SMILES string of the molecule is COCCNCC(=O)NC1CC(OC)C1(C)C. The van der Waals surface area contributed by atoms with Crippen LogP contribution in [0, 0.1) is 5.41 Å². The van der Waals surface area contributed by atoms with Crippen LogP contribution in [-0.2, 0) is 14.3 Å². The smallest absolute Gasteiger partial charge is 0.234 e. The molecule has 5 nitrogen and oxygen atoms in total. The average molecular weight is 244 g/mol. The molecular weight excluding hydrogens is 220 g/mol. The molecule has 0 aromatic carbocycles. The Morgan fingerprint density at radius 1 is 1.41 bits per heavy atom. The summed E-state index contributed by atoms with van der Waals surface area (Å²) in [7, 11) is 3.36. The molecule has 17 heavy (non-hydrogen) atoms. The van der Waals surface area contributed by atoms with Crippen molar-refractivity contribution >= 4 is 5.91 Å². The second-order valence-electron chi connectivity index (χ2n) is 5.07. The quantitative estimate of drug-likeness (QED) is 0.626. The van der Waals surface area contributed by atoms with Gasteiger partial charge in [-0.15, -0.1) is 0 Å². The van der Waals surface area contributed by atoms with E-state index in [4.69, 9.17) is 9.47 Å². The number of rotatable bonds is 7. The van der Waals surface area contributed by atoms with Gasteiger partial charge in [0.15, 0.2) is 0 Å². The van der Waals surface area contributed by atoms with Gasteiger partial charge in [-0.1, -0.05) is 13.8 Å². The summed E-state index contributed by atoms with van der Waals surface area (Å²) in [5.41, 5.74) is 0.0247. The van der Waals surface area contributed by atoms with Crippen LogP contribution in [0.15, 0.2) is 0 Å². The maximum atomic E-state index is 11.6. The molecule has 100 valence electrons. The molecule has 1 aliphatic rings. The van der Waals surface area contributed by atoms with Crippen molar-refractivity contribution in [2.24, 2.45) is 5.41 Å². The molecule has 0 radical (unpaired) electrons. The van der Waals surface area contributed by atoms with Crippen LogP contribution in [0.5, 0.6) is 0 Å². The molecule has 1 amide bonds. The van der Waals surface area contributed by atoms with E-state index >= 15 is 0 Å². The third-order valence-corrected chi connectivity index (χ3v) is 3.57. The Hall–Kier alpha value is -0.650. The van der Waals surface area contributed by atoms with Gasteiger partial charge in [0.1, 0.15) is 0 Å². The van der Waals surface area contributed by atoms with Gasteiger partial charge in [-0.05, 0) is 6.42 Å². The summed E-state index contributed by atoms with van der Waals surface area (Å²) in [6.07, 6.45) is 1.14. The van der Waals surface area contributed by atoms with E-state index in [1.54, 1.807) is 14.2 Å².